The largest absolute Gasteiger partial charge is 0.387 e. The average Bonchev–Trinajstić information content (AvgIpc) is 2.85. The molecule has 0 spiro atoms. The van der Waals surface area contributed by atoms with Gasteiger partial charge in [-0.25, -0.2) is 4.98 Å². The van der Waals surface area contributed by atoms with Gasteiger partial charge >= 0.3 is 0 Å². The van der Waals surface area contributed by atoms with Crippen LogP contribution < -0.4 is 0 Å². The van der Waals surface area contributed by atoms with Crippen molar-refractivity contribution in [3.05, 3.63) is 35.2 Å². The molecule has 4 heteroatoms. The number of rotatable bonds is 4. The van der Waals surface area contributed by atoms with Gasteiger partial charge < -0.3 is 5.11 Å². The first-order chi connectivity index (χ1) is 10.3. The minimum absolute atomic E-state index is 0.332. The van der Waals surface area contributed by atoms with Crippen LogP contribution in [0.3, 0.4) is 0 Å². The van der Waals surface area contributed by atoms with Gasteiger partial charge in [0, 0.05) is 4.88 Å². The fourth-order valence-electron chi connectivity index (χ4n) is 4.35. The van der Waals surface area contributed by atoms with Crippen LogP contribution in [0.2, 0.25) is 0 Å². The summed E-state index contributed by atoms with van der Waals surface area (Å²) in [5, 5.41) is 10.9. The summed E-state index contributed by atoms with van der Waals surface area (Å²) in [6.45, 7) is 0. The minimum atomic E-state index is -0.332. The van der Waals surface area contributed by atoms with E-state index < -0.39 is 0 Å². The Hall–Kier alpha value is -1.13. The lowest BCUT2D eigenvalue weighted by Gasteiger charge is -2.22. The first-order valence-corrected chi connectivity index (χ1v) is 8.92. The third kappa shape index (κ3) is 1.92. The van der Waals surface area contributed by atoms with E-state index in [1.54, 1.807) is 0 Å². The van der Waals surface area contributed by atoms with E-state index in [0.29, 0.717) is 17.8 Å². The molecule has 0 aromatic carbocycles. The predicted molar refractivity (Wildman–Crippen MR) is 83.5 cm³/mol. The molecule has 0 saturated heterocycles. The Kier molecular flexibility index (Phi) is 2.62. The standard InChI is InChI=1S/C17H20N2OS/c20-14(7-13-6-10-1-2-12(13)5-10)16-17(11-3-4-11)21-15-8-18-9-19(15)16/h1-2,8-14,20H,3-7H2. The molecule has 3 aliphatic carbocycles. The third-order valence-electron chi connectivity index (χ3n) is 5.54. The number of fused-ring (bicyclic) bond motifs is 3. The van der Waals surface area contributed by atoms with Crippen LogP contribution in [0.5, 0.6) is 0 Å². The van der Waals surface area contributed by atoms with Crippen LogP contribution in [0.1, 0.15) is 54.7 Å². The second-order valence-corrected chi connectivity index (χ2v) is 8.08. The van der Waals surface area contributed by atoms with Gasteiger partial charge in [-0.15, -0.1) is 11.3 Å². The van der Waals surface area contributed by atoms with Gasteiger partial charge in [0.2, 0.25) is 0 Å². The summed E-state index contributed by atoms with van der Waals surface area (Å²) in [5.74, 6) is 2.86. The summed E-state index contributed by atoms with van der Waals surface area (Å²) in [6.07, 6.45) is 14.3. The maximum atomic E-state index is 10.9. The molecule has 3 nitrogen and oxygen atoms in total. The SMILES string of the molecule is OC(CC1CC2C=CC1C2)c1c(C2CC2)sc2cncn12. The molecule has 2 bridgehead atoms. The number of aliphatic hydroxyl groups excluding tert-OH is 1. The van der Waals surface area contributed by atoms with Crippen LogP contribution in [0.25, 0.3) is 4.83 Å². The second-order valence-electron chi connectivity index (χ2n) is 7.02. The van der Waals surface area contributed by atoms with Crippen molar-refractivity contribution in [3.63, 3.8) is 0 Å². The van der Waals surface area contributed by atoms with Crippen molar-refractivity contribution in [2.45, 2.75) is 44.1 Å². The number of thiazole rings is 1. The molecule has 4 atom stereocenters. The quantitative estimate of drug-likeness (QED) is 0.869. The van der Waals surface area contributed by atoms with Gasteiger partial charge in [0.05, 0.1) is 18.0 Å². The fraction of sp³-hybridized carbons (Fsp3) is 0.588. The summed E-state index contributed by atoms with van der Waals surface area (Å²) in [5.41, 5.74) is 1.14. The number of allylic oxidation sites excluding steroid dienone is 2. The highest BCUT2D eigenvalue weighted by molar-refractivity contribution is 7.17. The zero-order valence-corrected chi connectivity index (χ0v) is 12.8. The zero-order valence-electron chi connectivity index (χ0n) is 12.0. The molecular formula is C17H20N2OS. The Balaban J connectivity index is 1.47. The van der Waals surface area contributed by atoms with E-state index in [1.165, 1.54) is 35.4 Å². The molecule has 1 N–H and O–H groups in total. The van der Waals surface area contributed by atoms with E-state index >= 15 is 0 Å². The highest BCUT2D eigenvalue weighted by atomic mass is 32.1. The monoisotopic (exact) mass is 300 g/mol. The molecule has 0 radical (unpaired) electrons. The van der Waals surface area contributed by atoms with E-state index in [2.05, 4.69) is 21.5 Å². The summed E-state index contributed by atoms with van der Waals surface area (Å²) in [4.78, 5) is 6.84. The molecule has 0 amide bonds. The predicted octanol–water partition coefficient (Wildman–Crippen LogP) is 3.91. The molecular weight excluding hydrogens is 280 g/mol. The lowest BCUT2D eigenvalue weighted by molar-refractivity contribution is 0.131. The molecule has 2 aromatic heterocycles. The molecule has 0 aliphatic heterocycles. The van der Waals surface area contributed by atoms with Crippen molar-refractivity contribution >= 4 is 16.2 Å². The molecule has 110 valence electrons. The Labute approximate surface area is 128 Å². The van der Waals surface area contributed by atoms with Crippen LogP contribution in [-0.2, 0) is 0 Å². The van der Waals surface area contributed by atoms with Crippen LogP contribution in [-0.4, -0.2) is 14.5 Å². The summed E-state index contributed by atoms with van der Waals surface area (Å²) >= 11 is 1.83. The molecule has 3 aliphatic rings. The highest BCUT2D eigenvalue weighted by Gasteiger charge is 2.38. The van der Waals surface area contributed by atoms with Crippen molar-refractivity contribution < 1.29 is 5.11 Å². The smallest absolute Gasteiger partial charge is 0.120 e. The van der Waals surface area contributed by atoms with E-state index in [4.69, 9.17) is 0 Å². The average molecular weight is 300 g/mol. The maximum absolute atomic E-state index is 10.9. The van der Waals surface area contributed by atoms with Crippen LogP contribution in [0.4, 0.5) is 0 Å². The number of nitrogens with zero attached hydrogens (tertiary/aromatic N) is 2. The number of hydrogen-bond donors (Lipinski definition) is 1. The van der Waals surface area contributed by atoms with Gasteiger partial charge in [-0.1, -0.05) is 12.2 Å². The lowest BCUT2D eigenvalue weighted by Crippen LogP contribution is -2.14. The van der Waals surface area contributed by atoms with Gasteiger partial charge in [0.1, 0.15) is 11.2 Å². The molecule has 4 unspecified atom stereocenters. The number of aromatic nitrogens is 2. The Morgan fingerprint density at radius 3 is 2.95 bits per heavy atom. The van der Waals surface area contributed by atoms with Crippen molar-refractivity contribution in [2.75, 3.05) is 0 Å². The normalized spacial score (nSPS) is 32.3. The van der Waals surface area contributed by atoms with Crippen LogP contribution in [0.15, 0.2) is 24.7 Å². The molecule has 21 heavy (non-hydrogen) atoms. The topological polar surface area (TPSA) is 37.5 Å². The lowest BCUT2D eigenvalue weighted by atomic mass is 9.87. The zero-order chi connectivity index (χ0) is 14.0. The first-order valence-electron chi connectivity index (χ1n) is 8.10. The van der Waals surface area contributed by atoms with Gasteiger partial charge in [-0.2, -0.15) is 0 Å². The highest BCUT2D eigenvalue weighted by Crippen LogP contribution is 2.50. The molecule has 2 fully saturated rings. The third-order valence-corrected chi connectivity index (χ3v) is 6.81. The van der Waals surface area contributed by atoms with Crippen molar-refractivity contribution in [2.24, 2.45) is 17.8 Å². The van der Waals surface area contributed by atoms with Gasteiger partial charge in [0.15, 0.2) is 0 Å². The molecule has 2 aromatic rings. The van der Waals surface area contributed by atoms with Gasteiger partial charge in [-0.05, 0) is 55.8 Å². The molecule has 2 saturated carbocycles. The van der Waals surface area contributed by atoms with Gasteiger partial charge in [0.25, 0.3) is 0 Å². The van der Waals surface area contributed by atoms with Gasteiger partial charge in [-0.3, -0.25) is 4.40 Å². The number of imidazole rings is 1. The Morgan fingerprint density at radius 1 is 1.33 bits per heavy atom. The Bertz CT molecular complexity index is 712. The Morgan fingerprint density at radius 2 is 2.24 bits per heavy atom. The van der Waals surface area contributed by atoms with E-state index in [-0.39, 0.29) is 6.10 Å². The number of aliphatic hydroxyl groups is 1. The summed E-state index contributed by atoms with van der Waals surface area (Å²) < 4.78 is 2.13. The van der Waals surface area contributed by atoms with E-state index in [9.17, 15) is 5.11 Å². The van der Waals surface area contributed by atoms with Crippen LogP contribution >= 0.6 is 11.3 Å². The van der Waals surface area contributed by atoms with Crippen molar-refractivity contribution in [1.29, 1.82) is 0 Å². The molecule has 5 rings (SSSR count). The summed E-state index contributed by atoms with van der Waals surface area (Å²) in [7, 11) is 0. The van der Waals surface area contributed by atoms with Crippen molar-refractivity contribution in [3.8, 4) is 0 Å². The number of hydrogen-bond acceptors (Lipinski definition) is 3. The fourth-order valence-corrected chi connectivity index (χ4v) is 5.67. The maximum Gasteiger partial charge on any atom is 0.120 e. The minimum Gasteiger partial charge on any atom is -0.387 e. The second kappa shape index (κ2) is 4.43. The van der Waals surface area contributed by atoms with Crippen LogP contribution in [0, 0.1) is 17.8 Å². The van der Waals surface area contributed by atoms with E-state index in [0.717, 1.165) is 18.0 Å². The molecule has 2 heterocycles. The first kappa shape index (κ1) is 12.4. The summed E-state index contributed by atoms with van der Waals surface area (Å²) in [6, 6.07) is 0. The van der Waals surface area contributed by atoms with Crippen molar-refractivity contribution in [1.82, 2.24) is 9.38 Å². The van der Waals surface area contributed by atoms with E-state index in [1.807, 2.05) is 23.9 Å².